The van der Waals surface area contributed by atoms with Crippen molar-refractivity contribution in [3.8, 4) is 5.75 Å². The van der Waals surface area contributed by atoms with Crippen LogP contribution in [-0.4, -0.2) is 28.5 Å². The molecule has 0 aliphatic heterocycles. The predicted octanol–water partition coefficient (Wildman–Crippen LogP) is 2.22. The monoisotopic (exact) mass is 320 g/mol. The van der Waals surface area contributed by atoms with Crippen molar-refractivity contribution in [2.24, 2.45) is 12.1 Å². The summed E-state index contributed by atoms with van der Waals surface area (Å²) in [5.41, 5.74) is 5.12. The fourth-order valence-electron chi connectivity index (χ4n) is 1.88. The van der Waals surface area contributed by atoms with Crippen LogP contribution in [0, 0.1) is 13.8 Å². The predicted molar refractivity (Wildman–Crippen MR) is 85.4 cm³/mol. The van der Waals surface area contributed by atoms with Crippen molar-refractivity contribution in [1.29, 1.82) is 0 Å². The summed E-state index contributed by atoms with van der Waals surface area (Å²) in [5, 5.41) is 8.65. The van der Waals surface area contributed by atoms with Gasteiger partial charge >= 0.3 is 0 Å². The molecule has 0 saturated carbocycles. The highest BCUT2D eigenvalue weighted by Crippen LogP contribution is 2.22. The van der Waals surface area contributed by atoms with E-state index >= 15 is 0 Å². The lowest BCUT2D eigenvalue weighted by atomic mass is 10.2. The van der Waals surface area contributed by atoms with Crippen molar-refractivity contribution in [3.63, 3.8) is 0 Å². The van der Waals surface area contributed by atoms with E-state index in [1.54, 1.807) is 35.2 Å². The Morgan fingerprint density at radius 2 is 2.18 bits per heavy atom. The molecule has 0 radical (unpaired) electrons. The minimum absolute atomic E-state index is 0.161. The molecular formula is C15H17ClN4O2. The Hall–Kier alpha value is -2.34. The molecule has 0 saturated heterocycles. The van der Waals surface area contributed by atoms with Gasteiger partial charge in [0.1, 0.15) is 5.75 Å². The van der Waals surface area contributed by atoms with Crippen LogP contribution in [-0.2, 0) is 11.8 Å². The van der Waals surface area contributed by atoms with Gasteiger partial charge in [0.25, 0.3) is 5.91 Å². The molecule has 0 atom stereocenters. The molecule has 0 unspecified atom stereocenters. The molecule has 1 amide bonds. The van der Waals surface area contributed by atoms with Crippen LogP contribution < -0.4 is 10.2 Å². The number of aromatic nitrogens is 2. The number of amides is 1. The molecule has 0 bridgehead atoms. The average Bonchev–Trinajstić information content (AvgIpc) is 2.72. The molecule has 7 heteroatoms. The third-order valence-corrected chi connectivity index (χ3v) is 3.46. The zero-order valence-corrected chi connectivity index (χ0v) is 13.4. The van der Waals surface area contributed by atoms with Gasteiger partial charge in [-0.25, -0.2) is 5.43 Å². The Morgan fingerprint density at radius 1 is 1.45 bits per heavy atom. The van der Waals surface area contributed by atoms with Crippen LogP contribution >= 0.6 is 11.6 Å². The van der Waals surface area contributed by atoms with Crippen LogP contribution in [0.15, 0.2) is 29.4 Å². The molecule has 1 aromatic heterocycles. The molecule has 1 N–H and O–H groups in total. The lowest BCUT2D eigenvalue weighted by molar-refractivity contribution is -0.123. The smallest absolute Gasteiger partial charge is 0.277 e. The van der Waals surface area contributed by atoms with Gasteiger partial charge < -0.3 is 4.74 Å². The van der Waals surface area contributed by atoms with Crippen LogP contribution in [0.5, 0.6) is 5.75 Å². The highest BCUT2D eigenvalue weighted by molar-refractivity contribution is 6.32. The minimum atomic E-state index is -0.365. The van der Waals surface area contributed by atoms with E-state index in [9.17, 15) is 4.79 Å². The first-order valence-corrected chi connectivity index (χ1v) is 7.06. The highest BCUT2D eigenvalue weighted by atomic mass is 35.5. The lowest BCUT2D eigenvalue weighted by Crippen LogP contribution is -2.24. The number of carbonyl (C=O) groups is 1. The van der Waals surface area contributed by atoms with E-state index in [4.69, 9.17) is 16.3 Å². The highest BCUT2D eigenvalue weighted by Gasteiger charge is 2.07. The second kappa shape index (κ2) is 7.09. The van der Waals surface area contributed by atoms with Gasteiger partial charge in [-0.2, -0.15) is 10.2 Å². The zero-order valence-electron chi connectivity index (χ0n) is 12.6. The van der Waals surface area contributed by atoms with Crippen LogP contribution in [0.4, 0.5) is 0 Å². The molecule has 1 heterocycles. The third-order valence-electron chi connectivity index (χ3n) is 3.14. The largest absolute Gasteiger partial charge is 0.482 e. The number of hydrogen-bond donors (Lipinski definition) is 1. The van der Waals surface area contributed by atoms with Crippen molar-refractivity contribution >= 4 is 23.7 Å². The van der Waals surface area contributed by atoms with E-state index < -0.39 is 0 Å². The Morgan fingerprint density at radius 3 is 2.82 bits per heavy atom. The average molecular weight is 321 g/mol. The maximum absolute atomic E-state index is 11.7. The quantitative estimate of drug-likeness (QED) is 0.678. The molecule has 6 nitrogen and oxygen atoms in total. The number of para-hydroxylation sites is 1. The summed E-state index contributed by atoms with van der Waals surface area (Å²) >= 11 is 5.93. The standard InChI is InChI=1S/C15H17ClN4O2/c1-10-12(11(2)20(3)19-10)8-17-18-15(21)9-22-14-7-5-4-6-13(14)16/h4-8H,9H2,1-3H3,(H,18,21)/b17-8-. The van der Waals surface area contributed by atoms with Crippen molar-refractivity contribution in [1.82, 2.24) is 15.2 Å². The van der Waals surface area contributed by atoms with Gasteiger partial charge in [-0.15, -0.1) is 0 Å². The maximum Gasteiger partial charge on any atom is 0.277 e. The molecular weight excluding hydrogens is 304 g/mol. The van der Waals surface area contributed by atoms with Crippen molar-refractivity contribution < 1.29 is 9.53 Å². The summed E-state index contributed by atoms with van der Waals surface area (Å²) in [6, 6.07) is 6.96. The first-order valence-electron chi connectivity index (χ1n) is 6.68. The number of benzene rings is 1. The van der Waals surface area contributed by atoms with Crippen LogP contribution in [0.1, 0.15) is 17.0 Å². The molecule has 22 heavy (non-hydrogen) atoms. The van der Waals surface area contributed by atoms with Crippen molar-refractivity contribution in [2.45, 2.75) is 13.8 Å². The molecule has 0 spiro atoms. The molecule has 0 fully saturated rings. The Kier molecular flexibility index (Phi) is 5.16. The summed E-state index contributed by atoms with van der Waals surface area (Å²) in [6.07, 6.45) is 1.57. The fourth-order valence-corrected chi connectivity index (χ4v) is 2.07. The van der Waals surface area contributed by atoms with Gasteiger partial charge in [0.2, 0.25) is 0 Å². The first-order chi connectivity index (χ1) is 10.5. The second-order valence-corrected chi connectivity index (χ2v) is 5.13. The van der Waals surface area contributed by atoms with Crippen LogP contribution in [0.2, 0.25) is 5.02 Å². The third kappa shape index (κ3) is 3.85. The second-order valence-electron chi connectivity index (χ2n) is 4.72. The molecule has 0 aliphatic rings. The summed E-state index contributed by atoms with van der Waals surface area (Å²) in [7, 11) is 1.86. The number of hydrazone groups is 1. The SMILES string of the molecule is Cc1nn(C)c(C)c1/C=N\NC(=O)COc1ccccc1Cl. The molecule has 116 valence electrons. The van der Waals surface area contributed by atoms with Crippen LogP contribution in [0.25, 0.3) is 0 Å². The number of aryl methyl sites for hydroxylation is 2. The first kappa shape index (κ1) is 16.0. The molecule has 2 aromatic rings. The van der Waals surface area contributed by atoms with Gasteiger partial charge in [-0.1, -0.05) is 23.7 Å². The summed E-state index contributed by atoms with van der Waals surface area (Å²) in [6.45, 7) is 3.66. The number of carbonyl (C=O) groups excluding carboxylic acids is 1. The lowest BCUT2D eigenvalue weighted by Gasteiger charge is -2.06. The van der Waals surface area contributed by atoms with Gasteiger partial charge in [-0.3, -0.25) is 9.48 Å². The van der Waals surface area contributed by atoms with E-state index in [-0.39, 0.29) is 12.5 Å². The number of ether oxygens (including phenoxy) is 1. The normalized spacial score (nSPS) is 10.9. The Bertz CT molecular complexity index is 710. The number of rotatable bonds is 5. The van der Waals surface area contributed by atoms with E-state index in [2.05, 4.69) is 15.6 Å². The Balaban J connectivity index is 1.88. The van der Waals surface area contributed by atoms with E-state index in [0.29, 0.717) is 10.8 Å². The zero-order chi connectivity index (χ0) is 16.1. The number of halogens is 1. The van der Waals surface area contributed by atoms with Gasteiger partial charge in [0, 0.05) is 18.3 Å². The van der Waals surface area contributed by atoms with E-state index in [1.165, 1.54) is 0 Å². The van der Waals surface area contributed by atoms with Gasteiger partial charge in [0.05, 0.1) is 16.9 Å². The van der Waals surface area contributed by atoms with Crippen molar-refractivity contribution in [2.75, 3.05) is 6.61 Å². The van der Waals surface area contributed by atoms with E-state index in [0.717, 1.165) is 17.0 Å². The minimum Gasteiger partial charge on any atom is -0.482 e. The molecule has 2 rings (SSSR count). The number of hydrogen-bond acceptors (Lipinski definition) is 4. The summed E-state index contributed by atoms with van der Waals surface area (Å²) in [5.74, 6) is 0.0950. The summed E-state index contributed by atoms with van der Waals surface area (Å²) < 4.78 is 7.08. The van der Waals surface area contributed by atoms with Gasteiger partial charge in [-0.05, 0) is 26.0 Å². The van der Waals surface area contributed by atoms with E-state index in [1.807, 2.05) is 20.9 Å². The fraction of sp³-hybridized carbons (Fsp3) is 0.267. The van der Waals surface area contributed by atoms with Gasteiger partial charge in [0.15, 0.2) is 6.61 Å². The topological polar surface area (TPSA) is 68.5 Å². The Labute approximate surface area is 133 Å². The summed E-state index contributed by atoms with van der Waals surface area (Å²) in [4.78, 5) is 11.7. The molecule has 1 aromatic carbocycles. The number of nitrogens with one attached hydrogen (secondary N) is 1. The molecule has 0 aliphatic carbocycles. The number of nitrogens with zero attached hydrogens (tertiary/aromatic N) is 3. The van der Waals surface area contributed by atoms with Crippen LogP contribution in [0.3, 0.4) is 0 Å². The van der Waals surface area contributed by atoms with Crippen molar-refractivity contribution in [3.05, 3.63) is 46.2 Å². The maximum atomic E-state index is 11.7.